The summed E-state index contributed by atoms with van der Waals surface area (Å²) in [4.78, 5) is 0. The molecule has 0 unspecified atom stereocenters. The van der Waals surface area contributed by atoms with Crippen LogP contribution in [0.4, 0.5) is 4.39 Å². The number of hydrogen-bond acceptors (Lipinski definition) is 3. The molecule has 0 bridgehead atoms. The lowest BCUT2D eigenvalue weighted by Gasteiger charge is -2.07. The third-order valence-electron chi connectivity index (χ3n) is 2.95. The maximum absolute atomic E-state index is 13.1. The van der Waals surface area contributed by atoms with Gasteiger partial charge in [-0.2, -0.15) is 5.26 Å². The first-order chi connectivity index (χ1) is 10.2. The molecule has 0 saturated heterocycles. The van der Waals surface area contributed by atoms with Crippen molar-refractivity contribution in [3.63, 3.8) is 0 Å². The van der Waals surface area contributed by atoms with E-state index in [4.69, 9.17) is 11.6 Å². The molecule has 1 heterocycles. The van der Waals surface area contributed by atoms with Crippen molar-refractivity contribution in [1.82, 2.24) is 15.0 Å². The van der Waals surface area contributed by atoms with Crippen LogP contribution < -0.4 is 0 Å². The van der Waals surface area contributed by atoms with Gasteiger partial charge in [-0.15, -0.1) is 5.10 Å². The lowest BCUT2D eigenvalue weighted by atomic mass is 10.1. The van der Waals surface area contributed by atoms with Crippen molar-refractivity contribution in [3.8, 4) is 23.0 Å². The minimum Gasteiger partial charge on any atom is -0.211 e. The summed E-state index contributed by atoms with van der Waals surface area (Å²) in [6.45, 7) is 0. The number of aromatic nitrogens is 3. The molecule has 0 amide bonds. The average molecular weight is 299 g/mol. The van der Waals surface area contributed by atoms with Crippen molar-refractivity contribution >= 4 is 11.6 Å². The van der Waals surface area contributed by atoms with Crippen molar-refractivity contribution < 1.29 is 4.39 Å². The normalized spacial score (nSPS) is 10.3. The van der Waals surface area contributed by atoms with Gasteiger partial charge in [0.2, 0.25) is 0 Å². The van der Waals surface area contributed by atoms with Crippen molar-refractivity contribution in [2.24, 2.45) is 0 Å². The Kier molecular flexibility index (Phi) is 3.38. The summed E-state index contributed by atoms with van der Waals surface area (Å²) in [5.41, 5.74) is 2.00. The molecule has 4 nitrogen and oxygen atoms in total. The molecule has 3 aromatic rings. The van der Waals surface area contributed by atoms with E-state index in [1.54, 1.807) is 36.4 Å². The molecule has 0 radical (unpaired) electrons. The predicted octanol–water partition coefficient (Wildman–Crippen LogP) is 3.60. The highest BCUT2D eigenvalue weighted by Gasteiger charge is 2.16. The van der Waals surface area contributed by atoms with E-state index in [1.165, 1.54) is 16.8 Å². The van der Waals surface area contributed by atoms with Gasteiger partial charge in [-0.05, 0) is 42.5 Å². The Hall–Kier alpha value is -2.71. The largest absolute Gasteiger partial charge is 0.211 e. The second-order valence-corrected chi connectivity index (χ2v) is 4.73. The van der Waals surface area contributed by atoms with E-state index in [2.05, 4.69) is 10.3 Å². The molecule has 0 atom stereocenters. The van der Waals surface area contributed by atoms with Crippen LogP contribution in [0.15, 0.2) is 48.5 Å². The van der Waals surface area contributed by atoms with Gasteiger partial charge in [-0.3, -0.25) is 0 Å². The monoisotopic (exact) mass is 298 g/mol. The van der Waals surface area contributed by atoms with Crippen molar-refractivity contribution in [3.05, 3.63) is 65.1 Å². The Labute approximate surface area is 125 Å². The Morgan fingerprint density at radius 3 is 2.57 bits per heavy atom. The van der Waals surface area contributed by atoms with E-state index >= 15 is 0 Å². The second kappa shape index (κ2) is 5.35. The first-order valence-corrected chi connectivity index (χ1v) is 6.44. The highest BCUT2D eigenvalue weighted by Crippen LogP contribution is 2.26. The summed E-state index contributed by atoms with van der Waals surface area (Å²) >= 11 is 5.98. The Bertz CT molecular complexity index is 834. The Morgan fingerprint density at radius 1 is 1.14 bits per heavy atom. The van der Waals surface area contributed by atoms with E-state index in [9.17, 15) is 9.65 Å². The summed E-state index contributed by atoms with van der Waals surface area (Å²) < 4.78 is 14.6. The first kappa shape index (κ1) is 13.3. The van der Waals surface area contributed by atoms with Gasteiger partial charge in [-0.1, -0.05) is 22.9 Å². The van der Waals surface area contributed by atoms with Crippen LogP contribution in [0.5, 0.6) is 0 Å². The third kappa shape index (κ3) is 2.49. The topological polar surface area (TPSA) is 54.5 Å². The van der Waals surface area contributed by atoms with Gasteiger partial charge in [0.1, 0.15) is 17.6 Å². The van der Waals surface area contributed by atoms with Gasteiger partial charge in [0.25, 0.3) is 0 Å². The molecule has 3 rings (SSSR count). The standard InChI is InChI=1S/C15H8ClFN4/c16-11-2-1-3-13(8-11)21-15(14(9-18)19-20-21)10-4-6-12(17)7-5-10/h1-8H. The van der Waals surface area contributed by atoms with E-state index in [-0.39, 0.29) is 11.5 Å². The minimum absolute atomic E-state index is 0.168. The summed E-state index contributed by atoms with van der Waals surface area (Å²) in [5.74, 6) is -0.348. The lowest BCUT2D eigenvalue weighted by molar-refractivity contribution is 0.628. The molecule has 0 saturated carbocycles. The minimum atomic E-state index is -0.348. The maximum atomic E-state index is 13.1. The van der Waals surface area contributed by atoms with Crippen LogP contribution in [-0.2, 0) is 0 Å². The first-order valence-electron chi connectivity index (χ1n) is 6.07. The highest BCUT2D eigenvalue weighted by molar-refractivity contribution is 6.30. The molecule has 0 aliphatic carbocycles. The van der Waals surface area contributed by atoms with Gasteiger partial charge >= 0.3 is 0 Å². The zero-order valence-electron chi connectivity index (χ0n) is 10.7. The fraction of sp³-hybridized carbons (Fsp3) is 0. The van der Waals surface area contributed by atoms with Crippen LogP contribution >= 0.6 is 11.6 Å². The fourth-order valence-corrected chi connectivity index (χ4v) is 2.20. The summed E-state index contributed by atoms with van der Waals surface area (Å²) in [5, 5.41) is 17.6. The molecule has 0 fully saturated rings. The van der Waals surface area contributed by atoms with Crippen LogP contribution in [0.1, 0.15) is 5.69 Å². The van der Waals surface area contributed by atoms with Crippen LogP contribution in [-0.4, -0.2) is 15.0 Å². The molecule has 21 heavy (non-hydrogen) atoms. The van der Waals surface area contributed by atoms with Gasteiger partial charge in [0, 0.05) is 10.6 Å². The van der Waals surface area contributed by atoms with E-state index < -0.39 is 0 Å². The number of nitrogens with zero attached hydrogens (tertiary/aromatic N) is 4. The van der Waals surface area contributed by atoms with Crippen LogP contribution in [0.25, 0.3) is 16.9 Å². The molecule has 6 heteroatoms. The van der Waals surface area contributed by atoms with Gasteiger partial charge < -0.3 is 0 Å². The van der Waals surface area contributed by atoms with E-state index in [1.807, 2.05) is 6.07 Å². The zero-order valence-corrected chi connectivity index (χ0v) is 11.4. The molecule has 1 aromatic heterocycles. The number of benzene rings is 2. The molecule has 0 N–H and O–H groups in total. The zero-order chi connectivity index (χ0) is 14.8. The van der Waals surface area contributed by atoms with Crippen molar-refractivity contribution in [2.45, 2.75) is 0 Å². The quantitative estimate of drug-likeness (QED) is 0.726. The van der Waals surface area contributed by atoms with Gasteiger partial charge in [0.15, 0.2) is 5.69 Å². The number of hydrogen-bond donors (Lipinski definition) is 0. The fourth-order valence-electron chi connectivity index (χ4n) is 2.01. The molecule has 2 aromatic carbocycles. The van der Waals surface area contributed by atoms with Crippen molar-refractivity contribution in [1.29, 1.82) is 5.26 Å². The van der Waals surface area contributed by atoms with Crippen LogP contribution in [0.2, 0.25) is 5.02 Å². The summed E-state index contributed by atoms with van der Waals surface area (Å²) in [7, 11) is 0. The molecule has 0 spiro atoms. The van der Waals surface area contributed by atoms with Gasteiger partial charge in [0.05, 0.1) is 5.69 Å². The predicted molar refractivity (Wildman–Crippen MR) is 76.5 cm³/mol. The number of nitriles is 1. The smallest absolute Gasteiger partial charge is 0.191 e. The molecule has 0 aliphatic heterocycles. The van der Waals surface area contributed by atoms with E-state index in [0.717, 1.165) is 0 Å². The van der Waals surface area contributed by atoms with Crippen LogP contribution in [0.3, 0.4) is 0 Å². The highest BCUT2D eigenvalue weighted by atomic mass is 35.5. The van der Waals surface area contributed by atoms with E-state index in [0.29, 0.717) is 22.0 Å². The SMILES string of the molecule is N#Cc1nnn(-c2cccc(Cl)c2)c1-c1ccc(F)cc1. The average Bonchev–Trinajstić information content (AvgIpc) is 2.92. The Balaban J connectivity index is 2.22. The number of halogens is 2. The molecule has 0 aliphatic rings. The van der Waals surface area contributed by atoms with Crippen molar-refractivity contribution in [2.75, 3.05) is 0 Å². The summed E-state index contributed by atoms with van der Waals surface area (Å²) in [6.07, 6.45) is 0. The Morgan fingerprint density at radius 2 is 1.90 bits per heavy atom. The molecular weight excluding hydrogens is 291 g/mol. The van der Waals surface area contributed by atoms with Crippen LogP contribution in [0, 0.1) is 17.1 Å². The molecular formula is C15H8ClFN4. The maximum Gasteiger partial charge on any atom is 0.191 e. The number of rotatable bonds is 2. The molecule has 102 valence electrons. The lowest BCUT2D eigenvalue weighted by Crippen LogP contribution is -1.99. The third-order valence-corrected chi connectivity index (χ3v) is 3.18. The second-order valence-electron chi connectivity index (χ2n) is 4.30. The summed E-state index contributed by atoms with van der Waals surface area (Å²) in [6, 6.07) is 14.8. The van der Waals surface area contributed by atoms with Gasteiger partial charge in [-0.25, -0.2) is 9.07 Å².